The molecule has 3 atom stereocenters. The second-order valence-corrected chi connectivity index (χ2v) is 4.89. The SMILES string of the molecule is CCC(C)NC(=O)C(C)N1CCC[C@@H](N)C1.Cl. The van der Waals surface area contributed by atoms with Crippen LogP contribution < -0.4 is 11.1 Å². The molecule has 0 bridgehead atoms. The number of piperidine rings is 1. The highest BCUT2D eigenvalue weighted by atomic mass is 35.5. The van der Waals surface area contributed by atoms with E-state index in [0.717, 1.165) is 32.4 Å². The zero-order chi connectivity index (χ0) is 12.1. The third-order valence-electron chi connectivity index (χ3n) is 3.42. The molecule has 0 aromatic carbocycles. The normalized spacial score (nSPS) is 24.6. The zero-order valence-electron chi connectivity index (χ0n) is 11.1. The Bertz CT molecular complexity index is 238. The van der Waals surface area contributed by atoms with E-state index in [1.54, 1.807) is 0 Å². The van der Waals surface area contributed by atoms with Crippen LogP contribution in [-0.2, 0) is 4.79 Å². The molecule has 1 heterocycles. The summed E-state index contributed by atoms with van der Waals surface area (Å²) in [5, 5.41) is 3.02. The lowest BCUT2D eigenvalue weighted by molar-refractivity contribution is -0.126. The number of carbonyl (C=O) groups excluding carboxylic acids is 1. The minimum Gasteiger partial charge on any atom is -0.352 e. The largest absolute Gasteiger partial charge is 0.352 e. The molecule has 1 amide bonds. The van der Waals surface area contributed by atoms with Crippen LogP contribution in [0.3, 0.4) is 0 Å². The number of hydrogen-bond acceptors (Lipinski definition) is 3. The third-order valence-corrected chi connectivity index (χ3v) is 3.42. The van der Waals surface area contributed by atoms with Gasteiger partial charge in [0, 0.05) is 18.6 Å². The Morgan fingerprint density at radius 2 is 2.18 bits per heavy atom. The highest BCUT2D eigenvalue weighted by Gasteiger charge is 2.26. The van der Waals surface area contributed by atoms with Crippen molar-refractivity contribution >= 4 is 18.3 Å². The summed E-state index contributed by atoms with van der Waals surface area (Å²) in [6.45, 7) is 7.91. The number of nitrogens with zero attached hydrogens (tertiary/aromatic N) is 1. The van der Waals surface area contributed by atoms with Gasteiger partial charge in [-0.1, -0.05) is 6.92 Å². The van der Waals surface area contributed by atoms with Crippen molar-refractivity contribution in [1.82, 2.24) is 10.2 Å². The molecule has 1 aliphatic rings. The standard InChI is InChI=1S/C12H25N3O.ClH/c1-4-9(2)14-12(16)10(3)15-7-5-6-11(13)8-15;/h9-11H,4-8,13H2,1-3H3,(H,14,16);1H/t9?,10?,11-;/m1./s1. The Labute approximate surface area is 111 Å². The minimum atomic E-state index is -0.0552. The highest BCUT2D eigenvalue weighted by Crippen LogP contribution is 2.11. The summed E-state index contributed by atoms with van der Waals surface area (Å²) in [7, 11) is 0. The number of nitrogens with one attached hydrogen (secondary N) is 1. The van der Waals surface area contributed by atoms with Gasteiger partial charge in [0.05, 0.1) is 6.04 Å². The van der Waals surface area contributed by atoms with E-state index in [9.17, 15) is 4.79 Å². The first-order valence-corrected chi connectivity index (χ1v) is 6.34. The van der Waals surface area contributed by atoms with Crippen molar-refractivity contribution in [3.05, 3.63) is 0 Å². The lowest BCUT2D eigenvalue weighted by Crippen LogP contribution is -2.53. The molecule has 1 saturated heterocycles. The van der Waals surface area contributed by atoms with E-state index in [2.05, 4.69) is 17.1 Å². The zero-order valence-corrected chi connectivity index (χ0v) is 11.9. The predicted octanol–water partition coefficient (Wildman–Crippen LogP) is 1.13. The van der Waals surface area contributed by atoms with Crippen molar-refractivity contribution in [2.45, 2.75) is 58.2 Å². The van der Waals surface area contributed by atoms with Crippen LogP contribution in [0.2, 0.25) is 0 Å². The van der Waals surface area contributed by atoms with Crippen LogP contribution >= 0.6 is 12.4 Å². The molecule has 0 radical (unpaired) electrons. The number of rotatable bonds is 4. The number of nitrogens with two attached hydrogens (primary N) is 1. The van der Waals surface area contributed by atoms with Crippen molar-refractivity contribution in [1.29, 1.82) is 0 Å². The number of likely N-dealkylation sites (tertiary alicyclic amines) is 1. The summed E-state index contributed by atoms with van der Waals surface area (Å²) in [4.78, 5) is 14.1. The Balaban J connectivity index is 0.00000256. The fourth-order valence-electron chi connectivity index (χ4n) is 2.02. The van der Waals surface area contributed by atoms with Crippen LogP contribution in [0.1, 0.15) is 40.0 Å². The molecule has 0 aliphatic carbocycles. The van der Waals surface area contributed by atoms with Gasteiger partial charge in [-0.2, -0.15) is 0 Å². The molecule has 17 heavy (non-hydrogen) atoms. The fourth-order valence-corrected chi connectivity index (χ4v) is 2.02. The van der Waals surface area contributed by atoms with Gasteiger partial charge < -0.3 is 11.1 Å². The molecular weight excluding hydrogens is 238 g/mol. The maximum Gasteiger partial charge on any atom is 0.237 e. The van der Waals surface area contributed by atoms with Gasteiger partial charge in [-0.15, -0.1) is 12.4 Å². The summed E-state index contributed by atoms with van der Waals surface area (Å²) >= 11 is 0. The molecular formula is C12H26ClN3O. The summed E-state index contributed by atoms with van der Waals surface area (Å²) in [5.74, 6) is 0.128. The molecule has 4 nitrogen and oxygen atoms in total. The smallest absolute Gasteiger partial charge is 0.237 e. The second kappa shape index (κ2) is 7.90. The lowest BCUT2D eigenvalue weighted by atomic mass is 10.0. The Morgan fingerprint density at radius 1 is 1.53 bits per heavy atom. The number of hydrogen-bond donors (Lipinski definition) is 2. The van der Waals surface area contributed by atoms with E-state index in [4.69, 9.17) is 5.73 Å². The van der Waals surface area contributed by atoms with Crippen LogP contribution in [0.15, 0.2) is 0 Å². The first-order chi connectivity index (χ1) is 7.54. The van der Waals surface area contributed by atoms with Crippen molar-refractivity contribution in [3.8, 4) is 0 Å². The molecule has 0 aromatic heterocycles. The molecule has 1 aliphatic heterocycles. The molecule has 0 aromatic rings. The Kier molecular flexibility index (Phi) is 7.75. The predicted molar refractivity (Wildman–Crippen MR) is 73.4 cm³/mol. The summed E-state index contributed by atoms with van der Waals surface area (Å²) < 4.78 is 0. The van der Waals surface area contributed by atoms with Crippen LogP contribution in [-0.4, -0.2) is 42.0 Å². The molecule has 0 spiro atoms. The number of amides is 1. The van der Waals surface area contributed by atoms with E-state index in [1.165, 1.54) is 0 Å². The van der Waals surface area contributed by atoms with Crippen molar-refractivity contribution in [3.63, 3.8) is 0 Å². The van der Waals surface area contributed by atoms with Gasteiger partial charge in [-0.05, 0) is 39.7 Å². The quantitative estimate of drug-likeness (QED) is 0.800. The number of halogens is 1. The van der Waals surface area contributed by atoms with E-state index >= 15 is 0 Å². The van der Waals surface area contributed by atoms with E-state index in [-0.39, 0.29) is 36.4 Å². The molecule has 2 unspecified atom stereocenters. The number of carbonyl (C=O) groups is 1. The van der Waals surface area contributed by atoms with Gasteiger partial charge in [0.15, 0.2) is 0 Å². The van der Waals surface area contributed by atoms with Crippen molar-refractivity contribution in [2.75, 3.05) is 13.1 Å². The molecule has 3 N–H and O–H groups in total. The van der Waals surface area contributed by atoms with Crippen molar-refractivity contribution in [2.24, 2.45) is 5.73 Å². The van der Waals surface area contributed by atoms with Crippen LogP contribution in [0, 0.1) is 0 Å². The Hall–Kier alpha value is -0.320. The third kappa shape index (κ3) is 5.23. The average molecular weight is 264 g/mol. The minimum absolute atomic E-state index is 0. The molecule has 102 valence electrons. The maximum absolute atomic E-state index is 11.9. The first-order valence-electron chi connectivity index (χ1n) is 6.34. The van der Waals surface area contributed by atoms with Crippen LogP contribution in [0.5, 0.6) is 0 Å². The summed E-state index contributed by atoms with van der Waals surface area (Å²) in [6, 6.07) is 0.432. The maximum atomic E-state index is 11.9. The van der Waals surface area contributed by atoms with E-state index in [1.807, 2.05) is 13.8 Å². The lowest BCUT2D eigenvalue weighted by Gasteiger charge is -2.35. The molecule has 0 saturated carbocycles. The van der Waals surface area contributed by atoms with Crippen LogP contribution in [0.4, 0.5) is 0 Å². The highest BCUT2D eigenvalue weighted by molar-refractivity contribution is 5.85. The average Bonchev–Trinajstić information content (AvgIpc) is 2.27. The van der Waals surface area contributed by atoms with Gasteiger partial charge in [0.2, 0.25) is 5.91 Å². The Morgan fingerprint density at radius 3 is 2.71 bits per heavy atom. The van der Waals surface area contributed by atoms with Gasteiger partial charge in [0.25, 0.3) is 0 Å². The van der Waals surface area contributed by atoms with Crippen molar-refractivity contribution < 1.29 is 4.79 Å². The monoisotopic (exact) mass is 263 g/mol. The second-order valence-electron chi connectivity index (χ2n) is 4.89. The van der Waals surface area contributed by atoms with Gasteiger partial charge in [0.1, 0.15) is 0 Å². The van der Waals surface area contributed by atoms with Gasteiger partial charge >= 0.3 is 0 Å². The van der Waals surface area contributed by atoms with E-state index in [0.29, 0.717) is 0 Å². The fraction of sp³-hybridized carbons (Fsp3) is 0.917. The van der Waals surface area contributed by atoms with E-state index < -0.39 is 0 Å². The molecule has 1 rings (SSSR count). The first kappa shape index (κ1) is 16.7. The summed E-state index contributed by atoms with van der Waals surface area (Å²) in [6.07, 6.45) is 3.15. The molecule has 5 heteroatoms. The molecule has 1 fully saturated rings. The topological polar surface area (TPSA) is 58.4 Å². The van der Waals surface area contributed by atoms with Crippen LogP contribution in [0.25, 0.3) is 0 Å². The summed E-state index contributed by atoms with van der Waals surface area (Å²) in [5.41, 5.74) is 5.92. The van der Waals surface area contributed by atoms with Gasteiger partial charge in [-0.25, -0.2) is 0 Å². The van der Waals surface area contributed by atoms with Gasteiger partial charge in [-0.3, -0.25) is 9.69 Å².